The molecule has 0 spiro atoms. The third kappa shape index (κ3) is 6.06. The van der Waals surface area contributed by atoms with Gasteiger partial charge in [0.25, 0.3) is 0 Å². The highest BCUT2D eigenvalue weighted by Crippen LogP contribution is 2.19. The van der Waals surface area contributed by atoms with Crippen molar-refractivity contribution >= 4 is 11.8 Å². The minimum absolute atomic E-state index is 0.193. The third-order valence-corrected chi connectivity index (χ3v) is 4.29. The number of amides is 1. The minimum Gasteiger partial charge on any atom is -0.444 e. The Balaban J connectivity index is 1.77. The average molecular weight is 332 g/mol. The molecule has 1 fully saturated rings. The molecule has 0 saturated carbocycles. The maximum absolute atomic E-state index is 12.1. The first kappa shape index (κ1) is 18.6. The highest BCUT2D eigenvalue weighted by Gasteiger charge is 2.26. The zero-order chi connectivity index (χ0) is 17.6. The summed E-state index contributed by atoms with van der Waals surface area (Å²) in [6, 6.07) is 9.20. The average Bonchev–Trinajstić information content (AvgIpc) is 2.53. The Morgan fingerprint density at radius 3 is 2.38 bits per heavy atom. The molecular formula is C20H32N2O2. The predicted octanol–water partition coefficient (Wildman–Crippen LogP) is 4.84. The van der Waals surface area contributed by atoms with Gasteiger partial charge < -0.3 is 15.0 Å². The van der Waals surface area contributed by atoms with E-state index in [2.05, 4.69) is 36.5 Å². The van der Waals surface area contributed by atoms with Crippen LogP contribution < -0.4 is 5.32 Å². The summed E-state index contributed by atoms with van der Waals surface area (Å²) in [6.07, 6.45) is 5.35. The molecule has 24 heavy (non-hydrogen) atoms. The van der Waals surface area contributed by atoms with Gasteiger partial charge in [0.1, 0.15) is 5.60 Å². The van der Waals surface area contributed by atoms with Crippen molar-refractivity contribution in [2.24, 2.45) is 0 Å². The van der Waals surface area contributed by atoms with E-state index in [0.29, 0.717) is 6.04 Å². The van der Waals surface area contributed by atoms with E-state index in [9.17, 15) is 4.79 Å². The summed E-state index contributed by atoms with van der Waals surface area (Å²) in [5.41, 5.74) is 2.15. The largest absolute Gasteiger partial charge is 0.444 e. The van der Waals surface area contributed by atoms with E-state index < -0.39 is 5.60 Å². The number of unbranched alkanes of at least 4 members (excludes halogenated alkanes) is 1. The van der Waals surface area contributed by atoms with Crippen molar-refractivity contribution in [3.8, 4) is 0 Å². The lowest BCUT2D eigenvalue weighted by Crippen LogP contribution is -2.44. The number of ether oxygens (including phenoxy) is 1. The number of anilines is 1. The van der Waals surface area contributed by atoms with Crippen LogP contribution in [0, 0.1) is 0 Å². The summed E-state index contributed by atoms with van der Waals surface area (Å²) in [5, 5.41) is 3.59. The lowest BCUT2D eigenvalue weighted by atomic mass is 10.0. The first-order valence-electron chi connectivity index (χ1n) is 9.21. The predicted molar refractivity (Wildman–Crippen MR) is 99.5 cm³/mol. The van der Waals surface area contributed by atoms with Crippen LogP contribution in [0.2, 0.25) is 0 Å². The molecule has 2 rings (SSSR count). The van der Waals surface area contributed by atoms with E-state index in [0.717, 1.165) is 32.4 Å². The van der Waals surface area contributed by atoms with Gasteiger partial charge in [-0.1, -0.05) is 25.5 Å². The van der Waals surface area contributed by atoms with E-state index in [1.807, 2.05) is 25.7 Å². The van der Waals surface area contributed by atoms with Crippen molar-refractivity contribution in [1.82, 2.24) is 4.90 Å². The summed E-state index contributed by atoms with van der Waals surface area (Å²) < 4.78 is 5.44. The second-order valence-electron chi connectivity index (χ2n) is 7.69. The number of nitrogens with one attached hydrogen (secondary N) is 1. The fourth-order valence-electron chi connectivity index (χ4n) is 2.92. The number of nitrogens with zero attached hydrogens (tertiary/aromatic N) is 1. The normalized spacial score (nSPS) is 16.1. The van der Waals surface area contributed by atoms with Gasteiger partial charge in [-0.15, -0.1) is 0 Å². The second-order valence-corrected chi connectivity index (χ2v) is 7.69. The number of benzene rings is 1. The summed E-state index contributed by atoms with van der Waals surface area (Å²) in [6.45, 7) is 9.44. The molecule has 134 valence electrons. The fraction of sp³-hybridized carbons (Fsp3) is 0.650. The van der Waals surface area contributed by atoms with E-state index in [-0.39, 0.29) is 6.09 Å². The van der Waals surface area contributed by atoms with Crippen LogP contribution in [0.15, 0.2) is 24.3 Å². The molecule has 0 bridgehead atoms. The smallest absolute Gasteiger partial charge is 0.410 e. The van der Waals surface area contributed by atoms with Gasteiger partial charge in [-0.3, -0.25) is 0 Å². The summed E-state index contributed by atoms with van der Waals surface area (Å²) in [7, 11) is 0. The molecule has 1 saturated heterocycles. The van der Waals surface area contributed by atoms with Crippen LogP contribution in [-0.4, -0.2) is 35.7 Å². The van der Waals surface area contributed by atoms with Crippen LogP contribution in [0.3, 0.4) is 0 Å². The van der Waals surface area contributed by atoms with Gasteiger partial charge in [-0.2, -0.15) is 0 Å². The molecule has 1 N–H and O–H groups in total. The molecule has 0 unspecified atom stereocenters. The lowest BCUT2D eigenvalue weighted by molar-refractivity contribution is 0.0210. The molecule has 4 heteroatoms. The van der Waals surface area contributed by atoms with Crippen LogP contribution in [-0.2, 0) is 11.2 Å². The van der Waals surface area contributed by atoms with E-state index in [1.165, 1.54) is 24.1 Å². The molecule has 1 heterocycles. The Morgan fingerprint density at radius 2 is 1.83 bits per heavy atom. The van der Waals surface area contributed by atoms with E-state index >= 15 is 0 Å². The van der Waals surface area contributed by atoms with E-state index in [4.69, 9.17) is 4.74 Å². The number of hydrogen-bond acceptors (Lipinski definition) is 3. The molecular weight excluding hydrogens is 300 g/mol. The monoisotopic (exact) mass is 332 g/mol. The Bertz CT molecular complexity index is 511. The van der Waals surface area contributed by atoms with Crippen LogP contribution in [0.4, 0.5) is 10.5 Å². The topological polar surface area (TPSA) is 41.6 Å². The number of carbonyl (C=O) groups is 1. The van der Waals surface area contributed by atoms with Crippen molar-refractivity contribution in [3.05, 3.63) is 29.8 Å². The zero-order valence-corrected chi connectivity index (χ0v) is 15.6. The van der Waals surface area contributed by atoms with Gasteiger partial charge >= 0.3 is 6.09 Å². The lowest BCUT2D eigenvalue weighted by Gasteiger charge is -2.34. The van der Waals surface area contributed by atoms with Gasteiger partial charge in [0.2, 0.25) is 0 Å². The molecule has 1 amide bonds. The van der Waals surface area contributed by atoms with E-state index in [1.54, 1.807) is 0 Å². The van der Waals surface area contributed by atoms with Crippen molar-refractivity contribution in [1.29, 1.82) is 0 Å². The van der Waals surface area contributed by atoms with Crippen molar-refractivity contribution in [2.75, 3.05) is 18.4 Å². The first-order valence-corrected chi connectivity index (χ1v) is 9.21. The molecule has 0 aliphatic carbocycles. The molecule has 1 aromatic rings. The molecule has 0 atom stereocenters. The number of rotatable bonds is 5. The quantitative estimate of drug-likeness (QED) is 0.839. The summed E-state index contributed by atoms with van der Waals surface area (Å²) in [5.74, 6) is 0. The van der Waals surface area contributed by atoms with Crippen molar-refractivity contribution in [2.45, 2.75) is 71.4 Å². The number of aryl methyl sites for hydroxylation is 1. The SMILES string of the molecule is CCCCc1ccc(NC2CCN(C(=O)OC(C)(C)C)CC2)cc1. The summed E-state index contributed by atoms with van der Waals surface area (Å²) in [4.78, 5) is 13.9. The Labute approximate surface area is 146 Å². The van der Waals surface area contributed by atoms with Gasteiger partial charge in [-0.25, -0.2) is 4.79 Å². The second kappa shape index (κ2) is 8.41. The van der Waals surface area contributed by atoms with Gasteiger partial charge in [-0.05, 0) is 64.2 Å². The minimum atomic E-state index is -0.425. The number of piperidine rings is 1. The first-order chi connectivity index (χ1) is 11.4. The highest BCUT2D eigenvalue weighted by molar-refractivity contribution is 5.68. The maximum Gasteiger partial charge on any atom is 0.410 e. The molecule has 1 aliphatic rings. The number of hydrogen-bond donors (Lipinski definition) is 1. The van der Waals surface area contributed by atoms with Crippen molar-refractivity contribution in [3.63, 3.8) is 0 Å². The van der Waals surface area contributed by atoms with Crippen LogP contribution in [0.25, 0.3) is 0 Å². The third-order valence-electron chi connectivity index (χ3n) is 4.29. The number of likely N-dealkylation sites (tertiary alicyclic amines) is 1. The van der Waals surface area contributed by atoms with Crippen LogP contribution >= 0.6 is 0 Å². The Kier molecular flexibility index (Phi) is 6.52. The van der Waals surface area contributed by atoms with Crippen LogP contribution in [0.1, 0.15) is 58.9 Å². The molecule has 4 nitrogen and oxygen atoms in total. The van der Waals surface area contributed by atoms with Gasteiger partial charge in [0.15, 0.2) is 0 Å². The van der Waals surface area contributed by atoms with Gasteiger partial charge in [0.05, 0.1) is 0 Å². The summed E-state index contributed by atoms with van der Waals surface area (Å²) >= 11 is 0. The molecule has 1 aromatic carbocycles. The zero-order valence-electron chi connectivity index (χ0n) is 15.6. The van der Waals surface area contributed by atoms with Crippen LogP contribution in [0.5, 0.6) is 0 Å². The highest BCUT2D eigenvalue weighted by atomic mass is 16.6. The maximum atomic E-state index is 12.1. The Morgan fingerprint density at radius 1 is 1.21 bits per heavy atom. The van der Waals surface area contributed by atoms with Crippen molar-refractivity contribution < 1.29 is 9.53 Å². The molecule has 0 aromatic heterocycles. The Hall–Kier alpha value is -1.71. The molecule has 0 radical (unpaired) electrons. The fourth-order valence-corrected chi connectivity index (χ4v) is 2.92. The number of carbonyl (C=O) groups excluding carboxylic acids is 1. The van der Waals surface area contributed by atoms with Gasteiger partial charge in [0, 0.05) is 24.8 Å². The standard InChI is InChI=1S/C20H32N2O2/c1-5-6-7-16-8-10-17(11-9-16)21-18-12-14-22(15-13-18)19(23)24-20(2,3)4/h8-11,18,21H,5-7,12-15H2,1-4H3. The molecule has 1 aliphatic heterocycles.